The maximum Gasteiger partial charge on any atom is 0.337 e. The van der Waals surface area contributed by atoms with Crippen molar-refractivity contribution in [3.8, 4) is 0 Å². The van der Waals surface area contributed by atoms with Crippen molar-refractivity contribution < 1.29 is 9.53 Å². The lowest BCUT2D eigenvalue weighted by molar-refractivity contribution is 0.0601. The number of esters is 1. The van der Waals surface area contributed by atoms with Gasteiger partial charge in [0.15, 0.2) is 5.82 Å². The number of nitrogens with one attached hydrogen (secondary N) is 2. The van der Waals surface area contributed by atoms with Crippen molar-refractivity contribution in [1.82, 2.24) is 15.2 Å². The van der Waals surface area contributed by atoms with Crippen LogP contribution in [0, 0.1) is 0 Å². The van der Waals surface area contributed by atoms with E-state index in [1.807, 2.05) is 12.1 Å². The molecule has 8 heteroatoms. The highest BCUT2D eigenvalue weighted by Gasteiger charge is 2.10. The van der Waals surface area contributed by atoms with Crippen molar-refractivity contribution >= 4 is 40.7 Å². The summed E-state index contributed by atoms with van der Waals surface area (Å²) in [5.41, 5.74) is 2.99. The third-order valence-corrected chi connectivity index (χ3v) is 4.37. The van der Waals surface area contributed by atoms with E-state index in [1.54, 1.807) is 18.2 Å². The molecule has 0 unspecified atom stereocenters. The first-order valence-electron chi connectivity index (χ1n) is 8.68. The van der Waals surface area contributed by atoms with Crippen LogP contribution in [0.5, 0.6) is 0 Å². The van der Waals surface area contributed by atoms with Crippen molar-refractivity contribution in [3.05, 3.63) is 64.8 Å². The summed E-state index contributed by atoms with van der Waals surface area (Å²) in [6, 6.07) is 12.8. The topological polar surface area (TPSA) is 89.0 Å². The molecule has 7 nitrogen and oxygen atoms in total. The molecule has 2 N–H and O–H groups in total. The normalized spacial score (nSPS) is 10.6. The molecule has 0 radical (unpaired) electrons. The lowest BCUT2D eigenvalue weighted by atomic mass is 10.0. The number of nitrogens with zero attached hydrogens (tertiary/aromatic N) is 3. The standard InChI is InChI=1S/C20H20ClN5O2/c1-12(2)13-4-7-15(8-5-13)23-20-25-18(11-22-26-20)24-17-10-14(19(27)28-3)6-9-16(17)21/h4-12H,1-3H3,(H2,23,24,25,26). The summed E-state index contributed by atoms with van der Waals surface area (Å²) in [5, 5.41) is 14.6. The first-order chi connectivity index (χ1) is 13.5. The maximum absolute atomic E-state index is 11.7. The van der Waals surface area contributed by atoms with Gasteiger partial charge >= 0.3 is 5.97 Å². The van der Waals surface area contributed by atoms with Gasteiger partial charge in [-0.25, -0.2) is 4.79 Å². The van der Waals surface area contributed by atoms with Crippen molar-refractivity contribution in [2.45, 2.75) is 19.8 Å². The van der Waals surface area contributed by atoms with E-state index in [9.17, 15) is 4.79 Å². The van der Waals surface area contributed by atoms with Crippen LogP contribution in [0.3, 0.4) is 0 Å². The molecule has 0 aliphatic heterocycles. The van der Waals surface area contributed by atoms with Gasteiger partial charge in [-0.3, -0.25) is 0 Å². The highest BCUT2D eigenvalue weighted by atomic mass is 35.5. The third kappa shape index (κ3) is 4.75. The average Bonchev–Trinajstić information content (AvgIpc) is 2.70. The summed E-state index contributed by atoms with van der Waals surface area (Å²) in [5.74, 6) is 0.778. The zero-order chi connectivity index (χ0) is 20.1. The summed E-state index contributed by atoms with van der Waals surface area (Å²) in [7, 11) is 1.32. The van der Waals surface area contributed by atoms with Gasteiger partial charge in [-0.2, -0.15) is 10.1 Å². The van der Waals surface area contributed by atoms with Crippen molar-refractivity contribution in [2.75, 3.05) is 17.7 Å². The van der Waals surface area contributed by atoms with Crippen molar-refractivity contribution in [2.24, 2.45) is 0 Å². The van der Waals surface area contributed by atoms with Gasteiger partial charge in [0.25, 0.3) is 0 Å². The van der Waals surface area contributed by atoms with E-state index in [4.69, 9.17) is 16.3 Å². The minimum Gasteiger partial charge on any atom is -0.465 e. The summed E-state index contributed by atoms with van der Waals surface area (Å²) >= 11 is 6.21. The maximum atomic E-state index is 11.7. The van der Waals surface area contributed by atoms with E-state index in [-0.39, 0.29) is 0 Å². The zero-order valence-electron chi connectivity index (χ0n) is 15.7. The predicted molar refractivity (Wildman–Crippen MR) is 110 cm³/mol. The summed E-state index contributed by atoms with van der Waals surface area (Å²) < 4.78 is 4.73. The number of benzene rings is 2. The number of hydrogen-bond acceptors (Lipinski definition) is 7. The number of ether oxygens (including phenoxy) is 1. The van der Waals surface area contributed by atoms with Gasteiger partial charge in [-0.1, -0.05) is 37.6 Å². The van der Waals surface area contributed by atoms with E-state index in [0.29, 0.717) is 34.0 Å². The van der Waals surface area contributed by atoms with Crippen LogP contribution in [0.25, 0.3) is 0 Å². The minimum absolute atomic E-state index is 0.336. The molecular weight excluding hydrogens is 378 g/mol. The molecule has 0 atom stereocenters. The Bertz CT molecular complexity index is 977. The molecule has 2 aromatic carbocycles. The zero-order valence-corrected chi connectivity index (χ0v) is 16.5. The Labute approximate surface area is 168 Å². The molecule has 144 valence electrons. The number of carbonyl (C=O) groups is 1. The Morgan fingerprint density at radius 2 is 1.86 bits per heavy atom. The van der Waals surface area contributed by atoms with Gasteiger partial charge in [0.2, 0.25) is 5.95 Å². The third-order valence-electron chi connectivity index (χ3n) is 4.04. The largest absolute Gasteiger partial charge is 0.465 e. The fourth-order valence-electron chi connectivity index (χ4n) is 2.50. The summed E-state index contributed by atoms with van der Waals surface area (Å²) in [6.45, 7) is 4.29. The highest BCUT2D eigenvalue weighted by molar-refractivity contribution is 6.33. The SMILES string of the molecule is COC(=O)c1ccc(Cl)c(Nc2cnnc(Nc3ccc(C(C)C)cc3)n2)c1. The van der Waals surface area contributed by atoms with E-state index < -0.39 is 5.97 Å². The summed E-state index contributed by atoms with van der Waals surface area (Å²) in [6.07, 6.45) is 1.47. The number of carbonyl (C=O) groups excluding carboxylic acids is 1. The first-order valence-corrected chi connectivity index (χ1v) is 9.05. The van der Waals surface area contributed by atoms with E-state index in [1.165, 1.54) is 18.9 Å². The van der Waals surface area contributed by atoms with E-state index >= 15 is 0 Å². The molecular formula is C20H20ClN5O2. The lowest BCUT2D eigenvalue weighted by Crippen LogP contribution is -2.05. The molecule has 1 aromatic heterocycles. The molecule has 0 amide bonds. The van der Waals surface area contributed by atoms with Crippen LogP contribution < -0.4 is 10.6 Å². The molecule has 0 bridgehead atoms. The quantitative estimate of drug-likeness (QED) is 0.570. The van der Waals surface area contributed by atoms with Crippen LogP contribution in [-0.4, -0.2) is 28.3 Å². The second-order valence-corrected chi connectivity index (χ2v) is 6.79. The number of rotatable bonds is 6. The van der Waals surface area contributed by atoms with Gasteiger partial charge in [-0.05, 0) is 41.8 Å². The molecule has 0 saturated heterocycles. The van der Waals surface area contributed by atoms with Crippen molar-refractivity contribution in [1.29, 1.82) is 0 Å². The molecule has 0 spiro atoms. The Hall–Kier alpha value is -3.19. The molecule has 0 saturated carbocycles. The van der Waals surface area contributed by atoms with Gasteiger partial charge in [0.05, 0.1) is 29.6 Å². The van der Waals surface area contributed by atoms with Gasteiger partial charge in [0, 0.05) is 5.69 Å². The summed E-state index contributed by atoms with van der Waals surface area (Å²) in [4.78, 5) is 16.1. The number of halogens is 1. The fourth-order valence-corrected chi connectivity index (χ4v) is 2.67. The van der Waals surface area contributed by atoms with Crippen LogP contribution in [0.4, 0.5) is 23.1 Å². The van der Waals surface area contributed by atoms with Crippen molar-refractivity contribution in [3.63, 3.8) is 0 Å². The number of hydrogen-bond donors (Lipinski definition) is 2. The molecule has 1 heterocycles. The fraction of sp³-hybridized carbons (Fsp3) is 0.200. The highest BCUT2D eigenvalue weighted by Crippen LogP contribution is 2.26. The number of anilines is 4. The van der Waals surface area contributed by atoms with E-state index in [0.717, 1.165) is 5.69 Å². The molecule has 0 fully saturated rings. The molecule has 0 aliphatic rings. The monoisotopic (exact) mass is 397 g/mol. The van der Waals surface area contributed by atoms with Crippen LogP contribution in [0.2, 0.25) is 5.02 Å². The van der Waals surface area contributed by atoms with Crippen LogP contribution in [0.1, 0.15) is 35.7 Å². The molecule has 3 aromatic rings. The molecule has 28 heavy (non-hydrogen) atoms. The van der Waals surface area contributed by atoms with Crippen LogP contribution in [0.15, 0.2) is 48.7 Å². The predicted octanol–water partition coefficient (Wildman–Crippen LogP) is 4.92. The first kappa shape index (κ1) is 19.6. The average molecular weight is 398 g/mol. The minimum atomic E-state index is -0.451. The lowest BCUT2D eigenvalue weighted by Gasteiger charge is -2.11. The van der Waals surface area contributed by atoms with Gasteiger partial charge in [0.1, 0.15) is 0 Å². The van der Waals surface area contributed by atoms with Crippen LogP contribution >= 0.6 is 11.6 Å². The van der Waals surface area contributed by atoms with Gasteiger partial charge < -0.3 is 15.4 Å². The van der Waals surface area contributed by atoms with Crippen LogP contribution in [-0.2, 0) is 4.74 Å². The number of aromatic nitrogens is 3. The second-order valence-electron chi connectivity index (χ2n) is 6.38. The Morgan fingerprint density at radius 1 is 1.11 bits per heavy atom. The Balaban J connectivity index is 1.77. The van der Waals surface area contributed by atoms with Gasteiger partial charge in [-0.15, -0.1) is 5.10 Å². The molecule has 3 rings (SSSR count). The Morgan fingerprint density at radius 3 is 2.54 bits per heavy atom. The Kier molecular flexibility index (Phi) is 6.06. The second kappa shape index (κ2) is 8.67. The van der Waals surface area contributed by atoms with E-state index in [2.05, 4.69) is 51.8 Å². The molecule has 0 aliphatic carbocycles. The number of methoxy groups -OCH3 is 1. The smallest absolute Gasteiger partial charge is 0.337 e.